The zero-order valence-corrected chi connectivity index (χ0v) is 20.6. The summed E-state index contributed by atoms with van der Waals surface area (Å²) in [6.07, 6.45) is 10.5. The number of carboxylic acids is 1. The van der Waals surface area contributed by atoms with Crippen LogP contribution in [-0.4, -0.2) is 38.8 Å². The molecule has 0 aromatic heterocycles. The van der Waals surface area contributed by atoms with Gasteiger partial charge in [-0.2, -0.15) is 0 Å². The molecule has 2 aromatic carbocycles. The standard InChI is InChI=1S/C28H24N2O3S2/c31-25(32)16-29-27(33)26(35-28(29)34)19-11-9-17(14-19)13-18-10-12-24-22(15-18)21-7-4-8-23(21)30(24)20-5-2-1-3-6-20/h1-3,5-6,9-13,15,21,23H,4,7-8,14,16H2,(H,31,32)/b17-13+,26-19-. The van der Waals surface area contributed by atoms with Crippen molar-refractivity contribution in [1.29, 1.82) is 0 Å². The number of hydrogen-bond donors (Lipinski definition) is 1. The third-order valence-electron chi connectivity index (χ3n) is 7.24. The molecule has 5 nitrogen and oxygen atoms in total. The second-order valence-electron chi connectivity index (χ2n) is 9.37. The van der Waals surface area contributed by atoms with Crippen LogP contribution in [0.5, 0.6) is 0 Å². The summed E-state index contributed by atoms with van der Waals surface area (Å²) in [5, 5.41) is 9.07. The number of thiocarbonyl (C=S) groups is 1. The minimum atomic E-state index is -1.07. The minimum absolute atomic E-state index is 0.304. The number of rotatable bonds is 4. The zero-order valence-electron chi connectivity index (χ0n) is 19.0. The van der Waals surface area contributed by atoms with Gasteiger partial charge in [0.2, 0.25) is 0 Å². The van der Waals surface area contributed by atoms with E-state index in [1.54, 1.807) is 0 Å². The van der Waals surface area contributed by atoms with Gasteiger partial charge in [0.1, 0.15) is 10.9 Å². The van der Waals surface area contributed by atoms with E-state index in [1.807, 2.05) is 12.2 Å². The van der Waals surface area contributed by atoms with E-state index in [0.717, 1.165) is 16.0 Å². The number of fused-ring (bicyclic) bond motifs is 3. The molecule has 2 heterocycles. The molecule has 1 amide bonds. The van der Waals surface area contributed by atoms with Crippen LogP contribution in [0.4, 0.5) is 11.4 Å². The lowest BCUT2D eigenvalue weighted by Gasteiger charge is -2.27. The van der Waals surface area contributed by atoms with E-state index in [4.69, 9.17) is 17.3 Å². The molecular formula is C28H24N2O3S2. The molecule has 1 N–H and O–H groups in total. The highest BCUT2D eigenvalue weighted by Gasteiger charge is 2.42. The molecule has 2 atom stereocenters. The van der Waals surface area contributed by atoms with Crippen molar-refractivity contribution in [2.45, 2.75) is 37.6 Å². The van der Waals surface area contributed by atoms with Gasteiger partial charge in [-0.1, -0.05) is 72.9 Å². The largest absolute Gasteiger partial charge is 0.480 e. The van der Waals surface area contributed by atoms with Crippen LogP contribution in [0, 0.1) is 0 Å². The highest BCUT2D eigenvalue weighted by molar-refractivity contribution is 8.26. The van der Waals surface area contributed by atoms with Gasteiger partial charge in [0, 0.05) is 23.3 Å². The molecule has 2 aliphatic carbocycles. The van der Waals surface area contributed by atoms with Crippen molar-refractivity contribution in [3.63, 3.8) is 0 Å². The molecule has 2 aromatic rings. The van der Waals surface area contributed by atoms with Crippen molar-refractivity contribution in [2.24, 2.45) is 0 Å². The van der Waals surface area contributed by atoms with Crippen molar-refractivity contribution in [1.82, 2.24) is 4.90 Å². The Labute approximate surface area is 213 Å². The normalized spacial score (nSPS) is 26.2. The number of allylic oxidation sites excluding steroid dienone is 4. The summed E-state index contributed by atoms with van der Waals surface area (Å²) in [5.41, 5.74) is 7.21. The Morgan fingerprint density at radius 2 is 1.97 bits per heavy atom. The Hall–Kier alpha value is -3.16. The van der Waals surface area contributed by atoms with Crippen LogP contribution < -0.4 is 4.90 Å². The quantitative estimate of drug-likeness (QED) is 0.409. The Balaban J connectivity index is 1.27. The van der Waals surface area contributed by atoms with Gasteiger partial charge in [-0.05, 0) is 65.8 Å². The maximum absolute atomic E-state index is 12.7. The van der Waals surface area contributed by atoms with Crippen LogP contribution in [0.2, 0.25) is 0 Å². The molecule has 2 unspecified atom stereocenters. The number of carboxylic acid groups (broad SMARTS) is 1. The Kier molecular flexibility index (Phi) is 5.61. The average molecular weight is 501 g/mol. The molecule has 176 valence electrons. The third kappa shape index (κ3) is 3.93. The molecule has 6 rings (SSSR count). The van der Waals surface area contributed by atoms with Crippen molar-refractivity contribution in [2.75, 3.05) is 11.4 Å². The van der Waals surface area contributed by atoms with Crippen molar-refractivity contribution in [3.05, 3.63) is 87.9 Å². The number of hydrogen-bond acceptors (Lipinski definition) is 5. The SMILES string of the molecule is O=C(O)CN1C(=O)/C(=C2C=C/C(=C\c3ccc4c(c3)C3CCCC3N4c3ccccc3)C\2)SC1=S. The Morgan fingerprint density at radius 1 is 1.14 bits per heavy atom. The first-order chi connectivity index (χ1) is 17.0. The molecule has 2 fully saturated rings. The molecule has 0 bridgehead atoms. The number of carbonyl (C=O) groups is 2. The van der Waals surface area contributed by atoms with Gasteiger partial charge in [-0.3, -0.25) is 14.5 Å². The number of benzene rings is 2. The summed E-state index contributed by atoms with van der Waals surface area (Å²) in [6.45, 7) is -0.398. The van der Waals surface area contributed by atoms with Crippen LogP contribution >= 0.6 is 24.0 Å². The molecule has 7 heteroatoms. The lowest BCUT2D eigenvalue weighted by Crippen LogP contribution is -2.33. The maximum atomic E-state index is 12.7. The molecule has 35 heavy (non-hydrogen) atoms. The Bertz CT molecular complexity index is 1350. The number of amides is 1. The Morgan fingerprint density at radius 3 is 2.77 bits per heavy atom. The van der Waals surface area contributed by atoms with E-state index in [9.17, 15) is 9.59 Å². The summed E-state index contributed by atoms with van der Waals surface area (Å²) in [6, 6.07) is 18.0. The number of anilines is 2. The summed E-state index contributed by atoms with van der Waals surface area (Å²) in [4.78, 5) is 28.0. The van der Waals surface area contributed by atoms with E-state index in [0.29, 0.717) is 27.6 Å². The van der Waals surface area contributed by atoms with Crippen molar-refractivity contribution < 1.29 is 14.7 Å². The predicted octanol–water partition coefficient (Wildman–Crippen LogP) is 6.02. The summed E-state index contributed by atoms with van der Waals surface area (Å²) in [7, 11) is 0. The van der Waals surface area contributed by atoms with Gasteiger partial charge in [0.25, 0.3) is 5.91 Å². The molecule has 1 saturated carbocycles. The second kappa shape index (κ2) is 8.81. The number of aliphatic carboxylic acids is 1. The van der Waals surface area contributed by atoms with E-state index in [2.05, 4.69) is 59.5 Å². The first kappa shape index (κ1) is 22.3. The van der Waals surface area contributed by atoms with E-state index in [1.165, 1.54) is 53.5 Å². The van der Waals surface area contributed by atoms with E-state index < -0.39 is 12.5 Å². The highest BCUT2D eigenvalue weighted by atomic mass is 32.2. The summed E-state index contributed by atoms with van der Waals surface area (Å²) < 4.78 is 0.304. The number of nitrogens with zero attached hydrogens (tertiary/aromatic N) is 2. The van der Waals surface area contributed by atoms with Crippen LogP contribution in [-0.2, 0) is 9.59 Å². The fourth-order valence-electron chi connectivity index (χ4n) is 5.77. The van der Waals surface area contributed by atoms with Crippen molar-refractivity contribution >= 4 is 57.6 Å². The van der Waals surface area contributed by atoms with Crippen LogP contribution in [0.15, 0.2) is 76.7 Å². The number of para-hydroxylation sites is 1. The van der Waals surface area contributed by atoms with Gasteiger partial charge >= 0.3 is 5.97 Å². The van der Waals surface area contributed by atoms with Gasteiger partial charge in [-0.25, -0.2) is 0 Å². The lowest BCUT2D eigenvalue weighted by molar-refractivity contribution is -0.140. The maximum Gasteiger partial charge on any atom is 0.323 e. The zero-order chi connectivity index (χ0) is 24.1. The fraction of sp³-hybridized carbons (Fsp3) is 0.250. The van der Waals surface area contributed by atoms with E-state index >= 15 is 0 Å². The average Bonchev–Trinajstić information content (AvgIpc) is 3.61. The van der Waals surface area contributed by atoms with E-state index in [-0.39, 0.29) is 5.91 Å². The van der Waals surface area contributed by atoms with Gasteiger partial charge < -0.3 is 10.0 Å². The predicted molar refractivity (Wildman–Crippen MR) is 144 cm³/mol. The molecule has 2 aliphatic heterocycles. The van der Waals surface area contributed by atoms with Gasteiger partial charge in [-0.15, -0.1) is 0 Å². The summed E-state index contributed by atoms with van der Waals surface area (Å²) >= 11 is 6.43. The molecular weight excluding hydrogens is 476 g/mol. The topological polar surface area (TPSA) is 60.9 Å². The smallest absolute Gasteiger partial charge is 0.323 e. The van der Waals surface area contributed by atoms with Crippen LogP contribution in [0.1, 0.15) is 42.7 Å². The lowest BCUT2D eigenvalue weighted by atomic mass is 9.95. The molecule has 1 saturated heterocycles. The second-order valence-corrected chi connectivity index (χ2v) is 11.0. The molecule has 0 radical (unpaired) electrons. The fourth-order valence-corrected chi connectivity index (χ4v) is 7.07. The third-order valence-corrected chi connectivity index (χ3v) is 8.74. The van der Waals surface area contributed by atoms with Crippen LogP contribution in [0.25, 0.3) is 6.08 Å². The first-order valence-electron chi connectivity index (χ1n) is 11.8. The van der Waals surface area contributed by atoms with Crippen molar-refractivity contribution in [3.8, 4) is 0 Å². The monoisotopic (exact) mass is 500 g/mol. The molecule has 0 spiro atoms. The highest BCUT2D eigenvalue weighted by Crippen LogP contribution is 2.52. The molecule has 4 aliphatic rings. The van der Waals surface area contributed by atoms with Gasteiger partial charge in [0.05, 0.1) is 4.91 Å². The number of thioether (sulfide) groups is 1. The minimum Gasteiger partial charge on any atom is -0.480 e. The first-order valence-corrected chi connectivity index (χ1v) is 13.1. The van der Waals surface area contributed by atoms with Crippen LogP contribution in [0.3, 0.4) is 0 Å². The number of carbonyl (C=O) groups excluding carboxylic acids is 1. The summed E-state index contributed by atoms with van der Waals surface area (Å²) in [5.74, 6) is -0.815. The van der Waals surface area contributed by atoms with Gasteiger partial charge in [0.15, 0.2) is 0 Å².